The molecular weight excluding hydrogens is 248 g/mol. The van der Waals surface area contributed by atoms with Crippen molar-refractivity contribution in [1.29, 1.82) is 0 Å². The fourth-order valence-corrected chi connectivity index (χ4v) is 1.97. The van der Waals surface area contributed by atoms with E-state index in [1.54, 1.807) is 0 Å². The Kier molecular flexibility index (Phi) is 3.67. The third-order valence-electron chi connectivity index (χ3n) is 2.80. The average Bonchev–Trinajstić information content (AvgIpc) is 2.34. The van der Waals surface area contributed by atoms with E-state index in [0.717, 1.165) is 0 Å². The van der Waals surface area contributed by atoms with Crippen molar-refractivity contribution in [3.8, 4) is 0 Å². The third-order valence-corrected chi connectivity index (χ3v) is 2.98. The number of hydrogen-bond acceptors (Lipinski definition) is 4. The summed E-state index contributed by atoms with van der Waals surface area (Å²) in [6.45, 7) is 4.13. The van der Waals surface area contributed by atoms with Crippen molar-refractivity contribution in [3.63, 3.8) is 0 Å². The zero-order valence-corrected chi connectivity index (χ0v) is 11.1. The van der Waals surface area contributed by atoms with E-state index < -0.39 is 0 Å². The van der Waals surface area contributed by atoms with Gasteiger partial charge in [-0.05, 0) is 36.6 Å². The predicted molar refractivity (Wildman–Crippen MR) is 74.7 cm³/mol. The molecule has 0 saturated carbocycles. The molecule has 4 nitrogen and oxygen atoms in total. The summed E-state index contributed by atoms with van der Waals surface area (Å²) in [5.74, 6) is 0.561. The van der Waals surface area contributed by atoms with Crippen LogP contribution in [0.1, 0.15) is 24.1 Å². The minimum atomic E-state index is 0.0967. The van der Waals surface area contributed by atoms with E-state index in [-0.39, 0.29) is 11.3 Å². The molecule has 2 rings (SSSR count). The lowest BCUT2D eigenvalue weighted by atomic mass is 10.0. The molecule has 94 valence electrons. The van der Waals surface area contributed by atoms with E-state index in [0.29, 0.717) is 11.5 Å². The predicted octanol–water partition coefficient (Wildman–Crippen LogP) is 3.19. The highest BCUT2D eigenvalue weighted by Crippen LogP contribution is 2.24. The van der Waals surface area contributed by atoms with Crippen LogP contribution in [0.4, 0.5) is 11.5 Å². The highest BCUT2D eigenvalue weighted by atomic mass is 35.5. The molecule has 1 unspecified atom stereocenters. The Morgan fingerprint density at radius 2 is 2.06 bits per heavy atom. The van der Waals surface area contributed by atoms with Crippen LogP contribution >= 0.6 is 11.6 Å². The van der Waals surface area contributed by atoms with Crippen molar-refractivity contribution in [2.24, 2.45) is 0 Å². The summed E-state index contributed by atoms with van der Waals surface area (Å²) in [4.78, 5) is 7.91. The first-order valence-electron chi connectivity index (χ1n) is 5.68. The van der Waals surface area contributed by atoms with E-state index in [1.165, 1.54) is 17.3 Å². The van der Waals surface area contributed by atoms with Crippen molar-refractivity contribution in [3.05, 3.63) is 46.9 Å². The molecule has 2 aromatic rings. The quantitative estimate of drug-likeness (QED) is 0.834. The Morgan fingerprint density at radius 1 is 1.33 bits per heavy atom. The highest BCUT2D eigenvalue weighted by molar-refractivity contribution is 6.28. The van der Waals surface area contributed by atoms with Gasteiger partial charge in [0, 0.05) is 0 Å². The number of nitrogens with zero attached hydrogens (tertiary/aromatic N) is 2. The van der Waals surface area contributed by atoms with Gasteiger partial charge in [-0.15, -0.1) is 0 Å². The van der Waals surface area contributed by atoms with Crippen LogP contribution in [0.15, 0.2) is 30.5 Å². The van der Waals surface area contributed by atoms with Crippen molar-refractivity contribution >= 4 is 23.1 Å². The van der Waals surface area contributed by atoms with Gasteiger partial charge in [-0.3, -0.25) is 0 Å². The monoisotopic (exact) mass is 262 g/mol. The van der Waals surface area contributed by atoms with Gasteiger partial charge >= 0.3 is 0 Å². The Morgan fingerprint density at radius 3 is 2.78 bits per heavy atom. The molecule has 0 amide bonds. The van der Waals surface area contributed by atoms with Gasteiger partial charge in [0.25, 0.3) is 0 Å². The minimum Gasteiger partial charge on any atom is -0.394 e. The maximum Gasteiger partial charge on any atom is 0.224 e. The fourth-order valence-electron chi connectivity index (χ4n) is 1.84. The van der Waals surface area contributed by atoms with Crippen molar-refractivity contribution < 1.29 is 0 Å². The van der Waals surface area contributed by atoms with Crippen LogP contribution in [-0.4, -0.2) is 9.97 Å². The third kappa shape index (κ3) is 2.71. The van der Waals surface area contributed by atoms with Crippen LogP contribution in [0.3, 0.4) is 0 Å². The van der Waals surface area contributed by atoms with Gasteiger partial charge in [0.15, 0.2) is 5.82 Å². The average molecular weight is 263 g/mol. The number of aryl methyl sites for hydroxylation is 1. The van der Waals surface area contributed by atoms with Crippen LogP contribution in [0.2, 0.25) is 5.28 Å². The van der Waals surface area contributed by atoms with Crippen LogP contribution < -0.4 is 11.1 Å². The lowest BCUT2D eigenvalue weighted by Gasteiger charge is -2.18. The number of rotatable bonds is 3. The van der Waals surface area contributed by atoms with Gasteiger partial charge < -0.3 is 11.1 Å². The smallest absolute Gasteiger partial charge is 0.224 e. The first kappa shape index (κ1) is 12.6. The van der Waals surface area contributed by atoms with Gasteiger partial charge in [-0.25, -0.2) is 4.98 Å². The first-order chi connectivity index (χ1) is 8.58. The summed E-state index contributed by atoms with van der Waals surface area (Å²) in [6.07, 6.45) is 1.50. The van der Waals surface area contributed by atoms with E-state index in [1.807, 2.05) is 12.1 Å². The number of hydrogen-bond donors (Lipinski definition) is 2. The second kappa shape index (κ2) is 5.23. The van der Waals surface area contributed by atoms with Crippen LogP contribution in [0.5, 0.6) is 0 Å². The molecule has 0 spiro atoms. The molecule has 1 atom stereocenters. The standard InChI is InChI=1S/C13H15ClN4/c1-8-5-3-4-6-10(8)9(2)17-12-11(15)7-16-13(14)18-12/h3-7,9H,15H2,1-2H3,(H,16,17,18). The zero-order chi connectivity index (χ0) is 13.1. The lowest BCUT2D eigenvalue weighted by molar-refractivity contribution is 0.863. The molecule has 0 aliphatic heterocycles. The van der Waals surface area contributed by atoms with Gasteiger partial charge in [0.1, 0.15) is 0 Å². The second-order valence-corrected chi connectivity index (χ2v) is 4.50. The summed E-state index contributed by atoms with van der Waals surface area (Å²) >= 11 is 5.76. The van der Waals surface area contributed by atoms with Crippen LogP contribution in [-0.2, 0) is 0 Å². The van der Waals surface area contributed by atoms with Crippen LogP contribution in [0.25, 0.3) is 0 Å². The SMILES string of the molecule is Cc1ccccc1C(C)Nc1nc(Cl)ncc1N. The number of benzene rings is 1. The summed E-state index contributed by atoms with van der Waals surface area (Å²) in [5.41, 5.74) is 8.71. The molecule has 18 heavy (non-hydrogen) atoms. The van der Waals surface area contributed by atoms with Gasteiger partial charge in [0.2, 0.25) is 5.28 Å². The molecule has 0 aliphatic rings. The molecule has 5 heteroatoms. The minimum absolute atomic E-state index is 0.0967. The Labute approximate surface area is 111 Å². The van der Waals surface area contributed by atoms with E-state index in [2.05, 4.69) is 41.3 Å². The van der Waals surface area contributed by atoms with Crippen molar-refractivity contribution in [2.45, 2.75) is 19.9 Å². The van der Waals surface area contributed by atoms with Crippen molar-refractivity contribution in [1.82, 2.24) is 9.97 Å². The molecule has 0 saturated heterocycles. The van der Waals surface area contributed by atoms with Gasteiger partial charge in [-0.2, -0.15) is 4.98 Å². The molecule has 1 aromatic heterocycles. The molecule has 0 aliphatic carbocycles. The normalized spacial score (nSPS) is 12.2. The number of aromatic nitrogens is 2. The maximum absolute atomic E-state index is 5.81. The second-order valence-electron chi connectivity index (χ2n) is 4.17. The molecular formula is C13H15ClN4. The van der Waals surface area contributed by atoms with Crippen LogP contribution in [0, 0.1) is 6.92 Å². The molecule has 0 fully saturated rings. The largest absolute Gasteiger partial charge is 0.394 e. The lowest BCUT2D eigenvalue weighted by Crippen LogP contribution is -2.11. The first-order valence-corrected chi connectivity index (χ1v) is 6.06. The molecule has 1 aromatic carbocycles. The fraction of sp³-hybridized carbons (Fsp3) is 0.231. The molecule has 1 heterocycles. The van der Waals surface area contributed by atoms with E-state index >= 15 is 0 Å². The summed E-state index contributed by atoms with van der Waals surface area (Å²) in [7, 11) is 0. The number of nitrogen functional groups attached to an aromatic ring is 1. The number of nitrogens with one attached hydrogen (secondary N) is 1. The summed E-state index contributed by atoms with van der Waals surface area (Å²) < 4.78 is 0. The highest BCUT2D eigenvalue weighted by Gasteiger charge is 2.10. The Balaban J connectivity index is 2.24. The van der Waals surface area contributed by atoms with E-state index in [9.17, 15) is 0 Å². The number of nitrogens with two attached hydrogens (primary N) is 1. The zero-order valence-electron chi connectivity index (χ0n) is 10.3. The van der Waals surface area contributed by atoms with Gasteiger partial charge in [0.05, 0.1) is 17.9 Å². The van der Waals surface area contributed by atoms with Gasteiger partial charge in [-0.1, -0.05) is 24.3 Å². The molecule has 0 bridgehead atoms. The number of halogens is 1. The number of anilines is 2. The summed E-state index contributed by atoms with van der Waals surface area (Å²) in [5, 5.41) is 3.43. The Bertz CT molecular complexity index is 556. The molecule has 3 N–H and O–H groups in total. The topological polar surface area (TPSA) is 63.8 Å². The maximum atomic E-state index is 5.81. The van der Waals surface area contributed by atoms with Crippen molar-refractivity contribution in [2.75, 3.05) is 11.1 Å². The molecule has 0 radical (unpaired) electrons. The Hall–Kier alpha value is -1.81. The van der Waals surface area contributed by atoms with E-state index in [4.69, 9.17) is 17.3 Å². The summed E-state index contributed by atoms with van der Waals surface area (Å²) in [6, 6.07) is 8.27.